The van der Waals surface area contributed by atoms with E-state index in [1.165, 1.54) is 5.19 Å². The van der Waals surface area contributed by atoms with Crippen molar-refractivity contribution in [3.63, 3.8) is 0 Å². The quantitative estimate of drug-likeness (QED) is 0.645. The Hall–Kier alpha value is -1.64. The van der Waals surface area contributed by atoms with Gasteiger partial charge in [-0.15, -0.1) is 0 Å². The minimum Gasteiger partial charge on any atom is -0.388 e. The fourth-order valence-electron chi connectivity index (χ4n) is 2.87. The van der Waals surface area contributed by atoms with Crippen molar-refractivity contribution >= 4 is 13.3 Å². The smallest absolute Gasteiger partial charge is 0.0906 e. The molecule has 0 radical (unpaired) electrons. The first-order valence-corrected chi connectivity index (χ1v) is 10.6. The lowest BCUT2D eigenvalue weighted by atomic mass is 10.1. The van der Waals surface area contributed by atoms with Gasteiger partial charge < -0.3 is 5.11 Å². The van der Waals surface area contributed by atoms with Gasteiger partial charge in [0, 0.05) is 5.54 Å². The van der Waals surface area contributed by atoms with Crippen LogP contribution in [0, 0.1) is 0 Å². The molecule has 0 aliphatic carbocycles. The molecule has 0 spiro atoms. The number of aliphatic hydroxyl groups is 1. The van der Waals surface area contributed by atoms with Crippen LogP contribution in [-0.2, 0) is 0 Å². The van der Waals surface area contributed by atoms with Gasteiger partial charge in [-0.05, 0) is 12.5 Å². The fourth-order valence-corrected chi connectivity index (χ4v) is 5.96. The van der Waals surface area contributed by atoms with E-state index in [2.05, 4.69) is 49.5 Å². The van der Waals surface area contributed by atoms with Gasteiger partial charge in [0.25, 0.3) is 0 Å². The SMILES string of the molecule is C/C=C/[C@@H]([C@H](O)c1ccccc1)[Si](C)(C)c1ccccc1. The molecule has 0 heterocycles. The molecule has 1 N–H and O–H groups in total. The first kappa shape index (κ1) is 15.7. The molecule has 0 aliphatic heterocycles. The number of benzene rings is 2. The van der Waals surface area contributed by atoms with Crippen molar-refractivity contribution in [2.24, 2.45) is 0 Å². The molecule has 110 valence electrons. The van der Waals surface area contributed by atoms with Crippen molar-refractivity contribution in [1.29, 1.82) is 0 Å². The van der Waals surface area contributed by atoms with Gasteiger partial charge in [-0.2, -0.15) is 0 Å². The van der Waals surface area contributed by atoms with Crippen LogP contribution in [0.4, 0.5) is 0 Å². The van der Waals surface area contributed by atoms with E-state index in [9.17, 15) is 5.11 Å². The number of allylic oxidation sites excluding steroid dienone is 1. The average molecular weight is 296 g/mol. The van der Waals surface area contributed by atoms with E-state index in [0.29, 0.717) is 0 Å². The molecule has 21 heavy (non-hydrogen) atoms. The van der Waals surface area contributed by atoms with Crippen LogP contribution in [0.15, 0.2) is 72.8 Å². The highest BCUT2D eigenvalue weighted by Crippen LogP contribution is 2.36. The van der Waals surface area contributed by atoms with E-state index in [4.69, 9.17) is 0 Å². The largest absolute Gasteiger partial charge is 0.388 e. The zero-order valence-electron chi connectivity index (χ0n) is 13.0. The molecule has 2 heteroatoms. The van der Waals surface area contributed by atoms with Gasteiger partial charge in [-0.1, -0.05) is 91.1 Å². The minimum atomic E-state index is -1.81. The van der Waals surface area contributed by atoms with Crippen molar-refractivity contribution in [1.82, 2.24) is 0 Å². The first-order valence-electron chi connectivity index (χ1n) is 7.48. The lowest BCUT2D eigenvalue weighted by Crippen LogP contribution is -2.47. The van der Waals surface area contributed by atoms with Crippen LogP contribution in [0.25, 0.3) is 0 Å². The molecule has 0 aliphatic rings. The summed E-state index contributed by atoms with van der Waals surface area (Å²) < 4.78 is 0. The van der Waals surface area contributed by atoms with Crippen LogP contribution in [-0.4, -0.2) is 13.2 Å². The summed E-state index contributed by atoms with van der Waals surface area (Å²) in [5.41, 5.74) is 1.16. The van der Waals surface area contributed by atoms with Gasteiger partial charge in [0.05, 0.1) is 14.2 Å². The summed E-state index contributed by atoms with van der Waals surface area (Å²) in [7, 11) is -1.81. The van der Waals surface area contributed by atoms with E-state index >= 15 is 0 Å². The highest BCUT2D eigenvalue weighted by molar-refractivity contribution is 6.91. The fraction of sp³-hybridized carbons (Fsp3) is 0.263. The van der Waals surface area contributed by atoms with E-state index in [-0.39, 0.29) is 5.54 Å². The number of rotatable bonds is 5. The third kappa shape index (κ3) is 3.52. The van der Waals surface area contributed by atoms with Crippen molar-refractivity contribution in [2.75, 3.05) is 0 Å². The molecule has 0 unspecified atom stereocenters. The zero-order valence-corrected chi connectivity index (χ0v) is 14.0. The maximum Gasteiger partial charge on any atom is 0.0906 e. The number of hydrogen-bond acceptors (Lipinski definition) is 1. The second-order valence-corrected chi connectivity index (χ2v) is 10.7. The average Bonchev–Trinajstić information content (AvgIpc) is 2.53. The highest BCUT2D eigenvalue weighted by atomic mass is 28.3. The number of hydrogen-bond donors (Lipinski definition) is 1. The van der Waals surface area contributed by atoms with Crippen LogP contribution in [0.5, 0.6) is 0 Å². The van der Waals surface area contributed by atoms with Crippen LogP contribution in [0.3, 0.4) is 0 Å². The van der Waals surface area contributed by atoms with Gasteiger partial charge >= 0.3 is 0 Å². The third-order valence-corrected chi connectivity index (χ3v) is 8.23. The first-order chi connectivity index (χ1) is 10.1. The van der Waals surface area contributed by atoms with E-state index in [0.717, 1.165) is 5.56 Å². The summed E-state index contributed by atoms with van der Waals surface area (Å²) in [5, 5.41) is 12.3. The number of aliphatic hydroxyl groups excluding tert-OH is 1. The molecule has 0 saturated carbocycles. The molecule has 0 fully saturated rings. The lowest BCUT2D eigenvalue weighted by Gasteiger charge is -2.34. The van der Waals surface area contributed by atoms with Gasteiger partial charge in [0.1, 0.15) is 0 Å². The van der Waals surface area contributed by atoms with Crippen LogP contribution >= 0.6 is 0 Å². The van der Waals surface area contributed by atoms with Crippen LogP contribution in [0.1, 0.15) is 18.6 Å². The minimum absolute atomic E-state index is 0.160. The Kier molecular flexibility index (Phi) is 5.15. The summed E-state index contributed by atoms with van der Waals surface area (Å²) in [6.07, 6.45) is 3.79. The van der Waals surface area contributed by atoms with Crippen molar-refractivity contribution < 1.29 is 5.11 Å². The molecular formula is C19H24OSi. The monoisotopic (exact) mass is 296 g/mol. The van der Waals surface area contributed by atoms with E-state index in [1.54, 1.807) is 0 Å². The summed E-state index contributed by atoms with van der Waals surface area (Å²) >= 11 is 0. The second-order valence-electron chi connectivity index (χ2n) is 5.99. The Labute approximate surface area is 129 Å². The van der Waals surface area contributed by atoms with Crippen molar-refractivity contribution in [2.45, 2.75) is 31.7 Å². The van der Waals surface area contributed by atoms with Gasteiger partial charge in [0.15, 0.2) is 0 Å². The molecular weight excluding hydrogens is 272 g/mol. The highest BCUT2D eigenvalue weighted by Gasteiger charge is 2.36. The van der Waals surface area contributed by atoms with Crippen molar-refractivity contribution in [3.8, 4) is 0 Å². The lowest BCUT2D eigenvalue weighted by molar-refractivity contribution is 0.179. The summed E-state index contributed by atoms with van der Waals surface area (Å²) in [6.45, 7) is 6.69. The predicted molar refractivity (Wildman–Crippen MR) is 93.5 cm³/mol. The second kappa shape index (κ2) is 6.88. The Bertz CT molecular complexity index is 575. The van der Waals surface area contributed by atoms with Crippen molar-refractivity contribution in [3.05, 3.63) is 78.4 Å². The molecule has 2 aromatic carbocycles. The predicted octanol–water partition coefficient (Wildman–Crippen LogP) is 4.28. The van der Waals surface area contributed by atoms with E-state index in [1.807, 2.05) is 43.3 Å². The summed E-state index contributed by atoms with van der Waals surface area (Å²) in [5.74, 6) is 0. The Morgan fingerprint density at radius 3 is 1.95 bits per heavy atom. The molecule has 0 amide bonds. The maximum absolute atomic E-state index is 10.9. The summed E-state index contributed by atoms with van der Waals surface area (Å²) in [4.78, 5) is 0. The molecule has 2 atom stereocenters. The van der Waals surface area contributed by atoms with Gasteiger partial charge in [-0.25, -0.2) is 0 Å². The molecule has 0 bridgehead atoms. The Morgan fingerprint density at radius 1 is 0.905 bits per heavy atom. The molecule has 2 rings (SSSR count). The molecule has 0 aromatic heterocycles. The topological polar surface area (TPSA) is 20.2 Å². The van der Waals surface area contributed by atoms with Crippen LogP contribution in [0.2, 0.25) is 18.6 Å². The Balaban J connectivity index is 2.39. The zero-order chi connectivity index (χ0) is 15.3. The maximum atomic E-state index is 10.9. The molecule has 0 saturated heterocycles. The third-order valence-electron chi connectivity index (χ3n) is 4.23. The normalized spacial score (nSPS) is 15.0. The molecule has 2 aromatic rings. The van der Waals surface area contributed by atoms with Gasteiger partial charge in [0.2, 0.25) is 0 Å². The van der Waals surface area contributed by atoms with Crippen LogP contribution < -0.4 is 5.19 Å². The Morgan fingerprint density at radius 2 is 1.43 bits per heavy atom. The molecule has 1 nitrogen and oxygen atoms in total. The summed E-state index contributed by atoms with van der Waals surface area (Å²) in [6, 6.07) is 20.6. The van der Waals surface area contributed by atoms with E-state index < -0.39 is 14.2 Å². The van der Waals surface area contributed by atoms with Gasteiger partial charge in [-0.3, -0.25) is 0 Å². The standard InChI is InChI=1S/C19H24OSi/c1-4-11-18(19(20)16-12-7-5-8-13-16)21(2,3)17-14-9-6-10-15-17/h4-15,18-20H,1-3H3/b11-4+/t18-,19+/m0/s1.